The van der Waals surface area contributed by atoms with Crippen molar-refractivity contribution in [1.82, 2.24) is 15.4 Å². The Kier molecular flexibility index (Phi) is 11.5. The number of urea groups is 1. The van der Waals surface area contributed by atoms with E-state index in [1.165, 1.54) is 16.7 Å². The Morgan fingerprint density at radius 3 is 2.21 bits per heavy atom. The Labute approximate surface area is 234 Å². The van der Waals surface area contributed by atoms with Crippen LogP contribution < -0.4 is 10.2 Å². The molecular weight excluding hydrogens is 512 g/mol. The number of carbonyl (C=O) groups is 3. The molecule has 0 aliphatic heterocycles. The maximum absolute atomic E-state index is 13.4. The Balaban J connectivity index is 1.75. The van der Waals surface area contributed by atoms with Crippen LogP contribution in [0, 0.1) is 11.8 Å². The zero-order chi connectivity index (χ0) is 28.2. The number of benzene rings is 2. The first kappa shape index (κ1) is 29.9. The van der Waals surface area contributed by atoms with Crippen molar-refractivity contribution >= 4 is 35.3 Å². The van der Waals surface area contributed by atoms with Gasteiger partial charge in [-0.1, -0.05) is 68.8 Å². The molecule has 3 rings (SSSR count). The van der Waals surface area contributed by atoms with Gasteiger partial charge in [-0.2, -0.15) is 0 Å². The van der Waals surface area contributed by atoms with E-state index >= 15 is 0 Å². The minimum absolute atomic E-state index is 0.131. The summed E-state index contributed by atoms with van der Waals surface area (Å²) in [7, 11) is 1.59. The minimum atomic E-state index is -1.03. The summed E-state index contributed by atoms with van der Waals surface area (Å²) in [4.78, 5) is 46.3. The van der Waals surface area contributed by atoms with Crippen molar-refractivity contribution in [2.45, 2.75) is 44.0 Å². The van der Waals surface area contributed by atoms with Crippen LogP contribution in [0.3, 0.4) is 0 Å². The molecule has 0 saturated heterocycles. The zero-order valence-corrected chi connectivity index (χ0v) is 23.4. The summed E-state index contributed by atoms with van der Waals surface area (Å²) in [6.45, 7) is 4.13. The lowest BCUT2D eigenvalue weighted by Crippen LogP contribution is -2.54. The molecule has 3 aromatic rings. The second-order valence-electron chi connectivity index (χ2n) is 9.74. The van der Waals surface area contributed by atoms with Crippen LogP contribution in [-0.2, 0) is 16.0 Å². The Morgan fingerprint density at radius 2 is 1.59 bits per heavy atom. The van der Waals surface area contributed by atoms with Crippen LogP contribution in [0.5, 0.6) is 0 Å². The number of likely N-dealkylation sites (N-methyl/N-ethyl adjacent to an activating group) is 1. The van der Waals surface area contributed by atoms with Gasteiger partial charge in [-0.3, -0.25) is 19.8 Å². The number of nitrogens with zero attached hydrogens (tertiary/aromatic N) is 3. The number of hydrogen-bond acceptors (Lipinski definition) is 6. The van der Waals surface area contributed by atoms with Gasteiger partial charge in [-0.15, -0.1) is 16.8 Å². The second kappa shape index (κ2) is 15.0. The number of imide groups is 1. The molecule has 39 heavy (non-hydrogen) atoms. The fraction of sp³-hybridized carbons (Fsp3) is 0.333. The number of rotatable bonds is 12. The Bertz CT molecular complexity index is 1200. The van der Waals surface area contributed by atoms with Crippen LogP contribution in [0.1, 0.15) is 32.3 Å². The molecular formula is C30H36N4O4S. The first-order valence-electron chi connectivity index (χ1n) is 13.0. The van der Waals surface area contributed by atoms with Gasteiger partial charge in [-0.05, 0) is 42.2 Å². The summed E-state index contributed by atoms with van der Waals surface area (Å²) >= 11 is 1.50. The van der Waals surface area contributed by atoms with Crippen LogP contribution in [0.2, 0.25) is 0 Å². The number of aromatic nitrogens is 1. The van der Waals surface area contributed by atoms with Crippen LogP contribution in [0.4, 0.5) is 10.5 Å². The number of nitrogens with one attached hydrogen (secondary N) is 1. The molecule has 1 heterocycles. The first-order valence-corrected chi connectivity index (χ1v) is 14.0. The highest BCUT2D eigenvalue weighted by Gasteiger charge is 2.32. The molecule has 0 bridgehead atoms. The number of hydroxylamine groups is 2. The van der Waals surface area contributed by atoms with Crippen molar-refractivity contribution in [1.29, 1.82) is 0 Å². The van der Waals surface area contributed by atoms with E-state index in [0.717, 1.165) is 16.9 Å². The van der Waals surface area contributed by atoms with Crippen molar-refractivity contribution in [3.63, 3.8) is 0 Å². The highest BCUT2D eigenvalue weighted by atomic mass is 32.2. The fourth-order valence-electron chi connectivity index (χ4n) is 3.97. The molecule has 2 atom stereocenters. The molecule has 0 aliphatic carbocycles. The number of amides is 4. The van der Waals surface area contributed by atoms with E-state index in [2.05, 4.69) is 24.1 Å². The summed E-state index contributed by atoms with van der Waals surface area (Å²) in [5.41, 5.74) is 1.37. The number of carbonyl (C=O) groups excluding carboxylic acids is 3. The lowest BCUT2D eigenvalue weighted by atomic mass is 9.98. The second-order valence-corrected chi connectivity index (χ2v) is 10.8. The number of thioether (sulfide) groups is 1. The molecule has 0 radical (unpaired) electrons. The van der Waals surface area contributed by atoms with Crippen LogP contribution in [0.15, 0.2) is 90.1 Å². The van der Waals surface area contributed by atoms with Crippen molar-refractivity contribution in [2.75, 3.05) is 17.7 Å². The Hall–Kier alpha value is -3.69. The third-order valence-corrected chi connectivity index (χ3v) is 7.45. The average Bonchev–Trinajstić information content (AvgIpc) is 2.96. The molecule has 0 fully saturated rings. The van der Waals surface area contributed by atoms with E-state index in [0.29, 0.717) is 23.8 Å². The van der Waals surface area contributed by atoms with E-state index in [9.17, 15) is 19.6 Å². The highest BCUT2D eigenvalue weighted by molar-refractivity contribution is 7.99. The average molecular weight is 549 g/mol. The maximum atomic E-state index is 13.4. The summed E-state index contributed by atoms with van der Waals surface area (Å²) in [6.07, 6.45) is 4.62. The van der Waals surface area contributed by atoms with Gasteiger partial charge in [0.1, 0.15) is 6.04 Å². The third-order valence-electron chi connectivity index (χ3n) is 6.28. The monoisotopic (exact) mass is 548 g/mol. The van der Waals surface area contributed by atoms with Crippen LogP contribution in [-0.4, -0.2) is 51.9 Å². The quantitative estimate of drug-likeness (QED) is 0.178. The van der Waals surface area contributed by atoms with E-state index < -0.39 is 29.8 Å². The largest absolute Gasteiger partial charge is 0.349 e. The third kappa shape index (κ3) is 9.23. The van der Waals surface area contributed by atoms with Gasteiger partial charge >= 0.3 is 6.03 Å². The SMILES string of the molecule is CC(C)CC[C@H](CSc1ccccc1)C(=O)N(O)C(=O)N[C@@H](Cc1ccccc1)C(=O)N(C)c1cccnc1. The molecule has 0 spiro atoms. The lowest BCUT2D eigenvalue weighted by molar-refractivity contribution is -0.157. The van der Waals surface area contributed by atoms with Crippen LogP contribution >= 0.6 is 11.8 Å². The standard InChI is InChI=1S/C30H36N4O4S/c1-22(2)16-17-24(21-39-26-14-8-5-9-15-26)28(35)34(38)30(37)32-27(19-23-11-6-4-7-12-23)29(36)33(3)25-13-10-18-31-20-25/h4-15,18,20,22,24,27,38H,16-17,19,21H2,1-3H3,(H,32,37)/t24-,27+/m1/s1. The first-order chi connectivity index (χ1) is 18.8. The zero-order valence-electron chi connectivity index (χ0n) is 22.6. The molecule has 4 amide bonds. The molecule has 9 heteroatoms. The molecule has 0 saturated carbocycles. The summed E-state index contributed by atoms with van der Waals surface area (Å²) < 4.78 is 0. The van der Waals surface area contributed by atoms with Gasteiger partial charge in [0.15, 0.2) is 0 Å². The Morgan fingerprint density at radius 1 is 0.923 bits per heavy atom. The molecule has 0 aliphatic rings. The number of anilines is 1. The smallest absolute Gasteiger partial charge is 0.324 e. The van der Waals surface area contributed by atoms with Crippen molar-refractivity contribution in [3.05, 3.63) is 90.8 Å². The molecule has 206 valence electrons. The molecule has 2 aromatic carbocycles. The summed E-state index contributed by atoms with van der Waals surface area (Å²) in [5, 5.41) is 13.4. The van der Waals surface area contributed by atoms with Crippen molar-refractivity contribution in [2.24, 2.45) is 11.8 Å². The fourth-order valence-corrected chi connectivity index (χ4v) is 5.02. The van der Waals surface area contributed by atoms with E-state index in [-0.39, 0.29) is 11.5 Å². The van der Waals surface area contributed by atoms with Gasteiger partial charge in [-0.25, -0.2) is 4.79 Å². The van der Waals surface area contributed by atoms with Gasteiger partial charge in [0.05, 0.1) is 17.8 Å². The lowest BCUT2D eigenvalue weighted by Gasteiger charge is -2.27. The predicted octanol–water partition coefficient (Wildman–Crippen LogP) is 5.43. The summed E-state index contributed by atoms with van der Waals surface area (Å²) in [6, 6.07) is 20.3. The van der Waals surface area contributed by atoms with Crippen LogP contribution in [0.25, 0.3) is 0 Å². The number of pyridine rings is 1. The molecule has 8 nitrogen and oxygen atoms in total. The molecule has 1 aromatic heterocycles. The topological polar surface area (TPSA) is 103 Å². The van der Waals surface area contributed by atoms with Crippen molar-refractivity contribution in [3.8, 4) is 0 Å². The van der Waals surface area contributed by atoms with E-state index in [4.69, 9.17) is 0 Å². The number of hydrogen-bond donors (Lipinski definition) is 2. The maximum Gasteiger partial charge on any atom is 0.349 e. The van der Waals surface area contributed by atoms with E-state index in [1.54, 1.807) is 31.6 Å². The van der Waals surface area contributed by atoms with Gasteiger partial charge in [0.25, 0.3) is 5.91 Å². The van der Waals surface area contributed by atoms with Gasteiger partial charge in [0.2, 0.25) is 5.91 Å². The normalized spacial score (nSPS) is 12.4. The highest BCUT2D eigenvalue weighted by Crippen LogP contribution is 2.25. The van der Waals surface area contributed by atoms with E-state index in [1.807, 2.05) is 60.7 Å². The molecule has 2 N–H and O–H groups in total. The van der Waals surface area contributed by atoms with Gasteiger partial charge in [0, 0.05) is 30.3 Å². The minimum Gasteiger partial charge on any atom is -0.324 e. The van der Waals surface area contributed by atoms with Gasteiger partial charge < -0.3 is 10.2 Å². The van der Waals surface area contributed by atoms with Crippen molar-refractivity contribution < 1.29 is 19.6 Å². The molecule has 0 unspecified atom stereocenters. The predicted molar refractivity (Wildman–Crippen MR) is 153 cm³/mol. The summed E-state index contributed by atoms with van der Waals surface area (Å²) in [5.74, 6) is -0.899.